The molecule has 1 amide bonds. The number of rotatable bonds is 4. The lowest BCUT2D eigenvalue weighted by Crippen LogP contribution is -2.39. The molecule has 0 radical (unpaired) electrons. The number of piperidine rings is 1. The molecule has 3 rings (SSSR count). The molecule has 2 aromatic heterocycles. The van der Waals surface area contributed by atoms with E-state index in [1.54, 1.807) is 6.20 Å². The number of carbonyl (C=O) groups is 1. The van der Waals surface area contributed by atoms with Crippen molar-refractivity contribution < 1.29 is 4.79 Å². The number of H-pyrrole nitrogens is 1. The van der Waals surface area contributed by atoms with Crippen LogP contribution in [0.15, 0.2) is 18.5 Å². The van der Waals surface area contributed by atoms with Crippen LogP contribution < -0.4 is 0 Å². The third-order valence-corrected chi connectivity index (χ3v) is 4.57. The fourth-order valence-electron chi connectivity index (χ4n) is 3.25. The van der Waals surface area contributed by atoms with Crippen LogP contribution in [0.1, 0.15) is 42.1 Å². The van der Waals surface area contributed by atoms with Gasteiger partial charge in [0, 0.05) is 50.1 Å². The number of likely N-dealkylation sites (tertiary alicyclic amines) is 1. The maximum Gasteiger partial charge on any atom is 0.222 e. The summed E-state index contributed by atoms with van der Waals surface area (Å²) in [6.07, 6.45) is 7.11. The third-order valence-electron chi connectivity index (χ3n) is 4.57. The van der Waals surface area contributed by atoms with Crippen LogP contribution in [-0.2, 0) is 18.3 Å². The standard InChI is InChI=1S/C16H23N5O/c1-12-10-17-19-16(12)13-4-3-9-21(11-13)15(22)6-5-14-7-8-18-20(14)2/h7-8,10,13H,3-6,9,11H2,1-2H3,(H,17,19). The highest BCUT2D eigenvalue weighted by Gasteiger charge is 2.26. The highest BCUT2D eigenvalue weighted by Crippen LogP contribution is 2.27. The van der Waals surface area contributed by atoms with Gasteiger partial charge in [-0.15, -0.1) is 0 Å². The molecular formula is C16H23N5O. The molecule has 22 heavy (non-hydrogen) atoms. The first-order valence-corrected chi connectivity index (χ1v) is 7.89. The van der Waals surface area contributed by atoms with Gasteiger partial charge in [0.2, 0.25) is 5.91 Å². The number of aromatic amines is 1. The van der Waals surface area contributed by atoms with Crippen molar-refractivity contribution in [3.8, 4) is 0 Å². The number of hydrogen-bond donors (Lipinski definition) is 1. The summed E-state index contributed by atoms with van der Waals surface area (Å²) >= 11 is 0. The molecule has 1 aliphatic heterocycles. The van der Waals surface area contributed by atoms with Gasteiger partial charge in [-0.1, -0.05) is 0 Å². The average molecular weight is 301 g/mol. The van der Waals surface area contributed by atoms with Crippen LogP contribution >= 0.6 is 0 Å². The molecule has 0 aliphatic carbocycles. The van der Waals surface area contributed by atoms with E-state index in [0.717, 1.165) is 38.0 Å². The number of nitrogens with zero attached hydrogens (tertiary/aromatic N) is 4. The van der Waals surface area contributed by atoms with Crippen molar-refractivity contribution in [3.05, 3.63) is 35.4 Å². The van der Waals surface area contributed by atoms with Crippen molar-refractivity contribution in [3.63, 3.8) is 0 Å². The van der Waals surface area contributed by atoms with E-state index >= 15 is 0 Å². The molecule has 1 fully saturated rings. The molecule has 1 aliphatic rings. The zero-order valence-corrected chi connectivity index (χ0v) is 13.2. The summed E-state index contributed by atoms with van der Waals surface area (Å²) in [6, 6.07) is 1.97. The Balaban J connectivity index is 1.58. The van der Waals surface area contributed by atoms with Gasteiger partial charge in [-0.3, -0.25) is 14.6 Å². The molecule has 0 aromatic carbocycles. The molecule has 0 saturated carbocycles. The fourth-order valence-corrected chi connectivity index (χ4v) is 3.25. The zero-order chi connectivity index (χ0) is 15.5. The van der Waals surface area contributed by atoms with Crippen LogP contribution in [-0.4, -0.2) is 43.9 Å². The Hall–Kier alpha value is -2.11. The molecule has 2 aromatic rings. The minimum Gasteiger partial charge on any atom is -0.342 e. The Morgan fingerprint density at radius 1 is 1.50 bits per heavy atom. The monoisotopic (exact) mass is 301 g/mol. The first-order valence-electron chi connectivity index (χ1n) is 7.89. The van der Waals surface area contributed by atoms with E-state index in [4.69, 9.17) is 0 Å². The highest BCUT2D eigenvalue weighted by atomic mass is 16.2. The zero-order valence-electron chi connectivity index (χ0n) is 13.2. The van der Waals surface area contributed by atoms with Crippen molar-refractivity contribution >= 4 is 5.91 Å². The lowest BCUT2D eigenvalue weighted by atomic mass is 9.92. The minimum atomic E-state index is 0.239. The Kier molecular flexibility index (Phi) is 4.27. The first kappa shape index (κ1) is 14.8. The van der Waals surface area contributed by atoms with Crippen LogP contribution in [0.4, 0.5) is 0 Å². The molecule has 1 unspecified atom stereocenters. The SMILES string of the molecule is Cc1cn[nH]c1C1CCCN(C(=O)CCc2ccnn2C)C1. The molecule has 6 heteroatoms. The lowest BCUT2D eigenvalue weighted by Gasteiger charge is -2.32. The predicted octanol–water partition coefficient (Wildman–Crippen LogP) is 1.79. The number of nitrogens with one attached hydrogen (secondary N) is 1. The summed E-state index contributed by atoms with van der Waals surface area (Å²) in [7, 11) is 1.91. The molecule has 1 atom stereocenters. The summed E-state index contributed by atoms with van der Waals surface area (Å²) in [5.74, 6) is 0.625. The molecule has 0 bridgehead atoms. The van der Waals surface area contributed by atoms with E-state index in [9.17, 15) is 4.79 Å². The number of carbonyl (C=O) groups excluding carboxylic acids is 1. The minimum absolute atomic E-state index is 0.239. The number of amides is 1. The van der Waals surface area contributed by atoms with Crippen molar-refractivity contribution in [2.24, 2.45) is 7.05 Å². The van der Waals surface area contributed by atoms with Gasteiger partial charge in [0.1, 0.15) is 0 Å². The quantitative estimate of drug-likeness (QED) is 0.936. The smallest absolute Gasteiger partial charge is 0.222 e. The molecule has 6 nitrogen and oxygen atoms in total. The maximum atomic E-state index is 12.5. The van der Waals surface area contributed by atoms with E-state index in [-0.39, 0.29) is 5.91 Å². The third kappa shape index (κ3) is 3.05. The van der Waals surface area contributed by atoms with Crippen LogP contribution in [0.3, 0.4) is 0 Å². The van der Waals surface area contributed by atoms with Gasteiger partial charge in [-0.25, -0.2) is 0 Å². The molecule has 0 spiro atoms. The molecule has 1 N–H and O–H groups in total. The first-order chi connectivity index (χ1) is 10.6. The number of aromatic nitrogens is 4. The van der Waals surface area contributed by atoms with E-state index in [1.807, 2.05) is 28.9 Å². The maximum absolute atomic E-state index is 12.5. The van der Waals surface area contributed by atoms with Gasteiger partial charge < -0.3 is 4.90 Å². The van der Waals surface area contributed by atoms with Gasteiger partial charge in [0.25, 0.3) is 0 Å². The van der Waals surface area contributed by atoms with Crippen molar-refractivity contribution in [2.75, 3.05) is 13.1 Å². The van der Waals surface area contributed by atoms with Gasteiger partial charge >= 0.3 is 0 Å². The summed E-state index contributed by atoms with van der Waals surface area (Å²) in [4.78, 5) is 14.5. The normalized spacial score (nSPS) is 18.6. The lowest BCUT2D eigenvalue weighted by molar-refractivity contribution is -0.132. The topological polar surface area (TPSA) is 66.8 Å². The van der Waals surface area contributed by atoms with Gasteiger partial charge in [-0.2, -0.15) is 10.2 Å². The fraction of sp³-hybridized carbons (Fsp3) is 0.562. The van der Waals surface area contributed by atoms with Crippen LogP contribution in [0.25, 0.3) is 0 Å². The van der Waals surface area contributed by atoms with Gasteiger partial charge in [0.15, 0.2) is 0 Å². The van der Waals surface area contributed by atoms with Gasteiger partial charge in [0.05, 0.1) is 6.20 Å². The number of aryl methyl sites for hydroxylation is 3. The highest BCUT2D eigenvalue weighted by molar-refractivity contribution is 5.76. The Morgan fingerprint density at radius 2 is 2.36 bits per heavy atom. The Bertz CT molecular complexity index is 645. The largest absolute Gasteiger partial charge is 0.342 e. The van der Waals surface area contributed by atoms with Crippen molar-refractivity contribution in [2.45, 2.75) is 38.5 Å². The van der Waals surface area contributed by atoms with Crippen LogP contribution in [0.2, 0.25) is 0 Å². The average Bonchev–Trinajstić information content (AvgIpc) is 3.13. The van der Waals surface area contributed by atoms with E-state index in [0.29, 0.717) is 12.3 Å². The molecule has 118 valence electrons. The molecule has 3 heterocycles. The van der Waals surface area contributed by atoms with Gasteiger partial charge in [-0.05, 0) is 37.8 Å². The second kappa shape index (κ2) is 6.34. The van der Waals surface area contributed by atoms with Crippen LogP contribution in [0.5, 0.6) is 0 Å². The predicted molar refractivity (Wildman–Crippen MR) is 83.4 cm³/mol. The Morgan fingerprint density at radius 3 is 3.05 bits per heavy atom. The van der Waals surface area contributed by atoms with Crippen molar-refractivity contribution in [1.82, 2.24) is 24.9 Å². The van der Waals surface area contributed by atoms with E-state index in [1.165, 1.54) is 11.3 Å². The van der Waals surface area contributed by atoms with Crippen molar-refractivity contribution in [1.29, 1.82) is 0 Å². The summed E-state index contributed by atoms with van der Waals surface area (Å²) in [6.45, 7) is 3.74. The molecule has 1 saturated heterocycles. The second-order valence-electron chi connectivity index (χ2n) is 6.09. The second-order valence-corrected chi connectivity index (χ2v) is 6.09. The summed E-state index contributed by atoms with van der Waals surface area (Å²) < 4.78 is 1.83. The Labute approximate surface area is 130 Å². The van der Waals surface area contributed by atoms with E-state index in [2.05, 4.69) is 22.2 Å². The van der Waals surface area contributed by atoms with Crippen LogP contribution in [0, 0.1) is 6.92 Å². The summed E-state index contributed by atoms with van der Waals surface area (Å²) in [5.41, 5.74) is 3.48. The molecular weight excluding hydrogens is 278 g/mol. The summed E-state index contributed by atoms with van der Waals surface area (Å²) in [5, 5.41) is 11.3. The number of hydrogen-bond acceptors (Lipinski definition) is 3. The van der Waals surface area contributed by atoms with E-state index < -0.39 is 0 Å².